The summed E-state index contributed by atoms with van der Waals surface area (Å²) in [5.74, 6) is 0.0450. The maximum Gasteiger partial charge on any atom is 0.168 e. The van der Waals surface area contributed by atoms with Crippen molar-refractivity contribution in [2.24, 2.45) is 5.41 Å². The molecule has 1 aliphatic rings. The lowest BCUT2D eigenvalue weighted by molar-refractivity contribution is 0.365. The van der Waals surface area contributed by atoms with Crippen LogP contribution in [0.25, 0.3) is 0 Å². The Balaban J connectivity index is 2.09. The van der Waals surface area contributed by atoms with E-state index in [0.29, 0.717) is 23.8 Å². The van der Waals surface area contributed by atoms with Gasteiger partial charge in [-0.3, -0.25) is 0 Å². The second-order valence-corrected chi connectivity index (χ2v) is 5.62. The number of ether oxygens (including phenoxy) is 1. The molecule has 1 aromatic carbocycles. The lowest BCUT2D eigenvalue weighted by Gasteiger charge is -2.27. The third-order valence-electron chi connectivity index (χ3n) is 3.72. The summed E-state index contributed by atoms with van der Waals surface area (Å²) in [5, 5.41) is 3.49. The highest BCUT2D eigenvalue weighted by Crippen LogP contribution is 2.29. The van der Waals surface area contributed by atoms with E-state index in [4.69, 9.17) is 4.74 Å². The van der Waals surface area contributed by atoms with Gasteiger partial charge in [0.25, 0.3) is 0 Å². The van der Waals surface area contributed by atoms with Gasteiger partial charge in [0.2, 0.25) is 0 Å². The maximum absolute atomic E-state index is 14.2. The summed E-state index contributed by atoms with van der Waals surface area (Å²) >= 11 is 0. The molecule has 1 unspecified atom stereocenters. The van der Waals surface area contributed by atoms with Gasteiger partial charge in [-0.1, -0.05) is 25.1 Å². The van der Waals surface area contributed by atoms with Gasteiger partial charge in [0.05, 0.1) is 7.11 Å². The Kier molecular flexibility index (Phi) is 4.25. The third kappa shape index (κ3) is 3.57. The highest BCUT2D eigenvalue weighted by Gasteiger charge is 2.27. The topological polar surface area (TPSA) is 21.3 Å². The van der Waals surface area contributed by atoms with E-state index in [2.05, 4.69) is 18.8 Å². The first kappa shape index (κ1) is 14.1. The molecule has 1 aliphatic carbocycles. The van der Waals surface area contributed by atoms with Crippen molar-refractivity contribution in [3.63, 3.8) is 0 Å². The standard InChI is InChI=1S/C16H22FNO/c1-4-16(2,11-18-13-8-9-13)10-12-6-5-7-14(19-3)15(12)17/h4-7,13,18H,1,8-11H2,2-3H3. The molecule has 2 nitrogen and oxygen atoms in total. The summed E-state index contributed by atoms with van der Waals surface area (Å²) in [4.78, 5) is 0. The van der Waals surface area contributed by atoms with Gasteiger partial charge < -0.3 is 10.1 Å². The molecule has 2 rings (SSSR count). The lowest BCUT2D eigenvalue weighted by Crippen LogP contribution is -2.33. The van der Waals surface area contributed by atoms with Crippen molar-refractivity contribution in [2.75, 3.05) is 13.7 Å². The van der Waals surface area contributed by atoms with Crippen LogP contribution < -0.4 is 10.1 Å². The molecule has 1 saturated carbocycles. The molecule has 1 N–H and O–H groups in total. The molecular weight excluding hydrogens is 241 g/mol. The van der Waals surface area contributed by atoms with Crippen LogP contribution in [-0.4, -0.2) is 19.7 Å². The molecule has 0 aromatic heterocycles. The average molecular weight is 263 g/mol. The number of methoxy groups -OCH3 is 1. The number of rotatable bonds is 7. The van der Waals surface area contributed by atoms with Gasteiger partial charge in [0.1, 0.15) is 0 Å². The predicted molar refractivity (Wildman–Crippen MR) is 76.0 cm³/mol. The molecule has 0 spiro atoms. The summed E-state index contributed by atoms with van der Waals surface area (Å²) in [6.07, 6.45) is 5.04. The fourth-order valence-electron chi connectivity index (χ4n) is 2.16. The van der Waals surface area contributed by atoms with Crippen LogP contribution in [0, 0.1) is 11.2 Å². The van der Waals surface area contributed by atoms with Crippen molar-refractivity contribution in [1.29, 1.82) is 0 Å². The van der Waals surface area contributed by atoms with Crippen molar-refractivity contribution in [3.05, 3.63) is 42.2 Å². The fraction of sp³-hybridized carbons (Fsp3) is 0.500. The smallest absolute Gasteiger partial charge is 0.168 e. The van der Waals surface area contributed by atoms with Crippen LogP contribution >= 0.6 is 0 Å². The highest BCUT2D eigenvalue weighted by atomic mass is 19.1. The molecular formula is C16H22FNO. The molecule has 0 heterocycles. The van der Waals surface area contributed by atoms with E-state index in [1.54, 1.807) is 6.07 Å². The zero-order valence-electron chi connectivity index (χ0n) is 11.7. The van der Waals surface area contributed by atoms with Crippen molar-refractivity contribution in [3.8, 4) is 5.75 Å². The number of halogens is 1. The van der Waals surface area contributed by atoms with Gasteiger partial charge in [-0.2, -0.15) is 0 Å². The van der Waals surface area contributed by atoms with Gasteiger partial charge >= 0.3 is 0 Å². The van der Waals surface area contributed by atoms with Crippen molar-refractivity contribution < 1.29 is 9.13 Å². The Bertz CT molecular complexity index is 456. The van der Waals surface area contributed by atoms with E-state index in [0.717, 1.165) is 6.54 Å². The SMILES string of the molecule is C=CC(C)(CNC1CC1)Cc1cccc(OC)c1F. The summed E-state index contributed by atoms with van der Waals surface area (Å²) in [6.45, 7) is 6.84. The van der Waals surface area contributed by atoms with Gasteiger partial charge in [0, 0.05) is 18.0 Å². The predicted octanol–water partition coefficient (Wildman–Crippen LogP) is 3.32. The van der Waals surface area contributed by atoms with Crippen LogP contribution in [0.5, 0.6) is 5.75 Å². The molecule has 104 valence electrons. The largest absolute Gasteiger partial charge is 0.494 e. The fourth-order valence-corrected chi connectivity index (χ4v) is 2.16. The molecule has 0 bridgehead atoms. The summed E-state index contributed by atoms with van der Waals surface area (Å²) < 4.78 is 19.2. The Morgan fingerprint density at radius 3 is 2.84 bits per heavy atom. The summed E-state index contributed by atoms with van der Waals surface area (Å²) in [6, 6.07) is 5.94. The first-order valence-electron chi connectivity index (χ1n) is 6.76. The molecule has 0 radical (unpaired) electrons. The Morgan fingerprint density at radius 2 is 2.26 bits per heavy atom. The first-order valence-corrected chi connectivity index (χ1v) is 6.76. The van der Waals surface area contributed by atoms with E-state index in [1.165, 1.54) is 20.0 Å². The van der Waals surface area contributed by atoms with Crippen LogP contribution in [0.1, 0.15) is 25.3 Å². The van der Waals surface area contributed by atoms with Gasteiger partial charge in [0.15, 0.2) is 11.6 Å². The molecule has 1 aromatic rings. The molecule has 0 amide bonds. The number of hydrogen-bond donors (Lipinski definition) is 1. The van der Waals surface area contributed by atoms with E-state index in [9.17, 15) is 4.39 Å². The zero-order chi connectivity index (χ0) is 13.9. The van der Waals surface area contributed by atoms with Crippen LogP contribution in [-0.2, 0) is 6.42 Å². The lowest BCUT2D eigenvalue weighted by atomic mass is 9.83. The summed E-state index contributed by atoms with van der Waals surface area (Å²) in [5.41, 5.74) is 0.537. The van der Waals surface area contributed by atoms with Crippen molar-refractivity contribution in [1.82, 2.24) is 5.32 Å². The highest BCUT2D eigenvalue weighted by molar-refractivity contribution is 5.32. The van der Waals surface area contributed by atoms with E-state index in [1.807, 2.05) is 18.2 Å². The third-order valence-corrected chi connectivity index (χ3v) is 3.72. The quantitative estimate of drug-likeness (QED) is 0.762. The van der Waals surface area contributed by atoms with E-state index < -0.39 is 0 Å². The van der Waals surface area contributed by atoms with E-state index in [-0.39, 0.29) is 11.2 Å². The molecule has 1 fully saturated rings. The van der Waals surface area contributed by atoms with E-state index >= 15 is 0 Å². The van der Waals surface area contributed by atoms with Crippen molar-refractivity contribution in [2.45, 2.75) is 32.2 Å². The van der Waals surface area contributed by atoms with Crippen molar-refractivity contribution >= 4 is 0 Å². The number of nitrogens with one attached hydrogen (secondary N) is 1. The Labute approximate surface area is 114 Å². The van der Waals surface area contributed by atoms with Crippen LogP contribution in [0.3, 0.4) is 0 Å². The first-order chi connectivity index (χ1) is 9.08. The number of benzene rings is 1. The van der Waals surface area contributed by atoms with Gasteiger partial charge in [-0.05, 0) is 30.9 Å². The zero-order valence-corrected chi connectivity index (χ0v) is 11.7. The monoisotopic (exact) mass is 263 g/mol. The Morgan fingerprint density at radius 1 is 1.53 bits per heavy atom. The maximum atomic E-state index is 14.2. The minimum Gasteiger partial charge on any atom is -0.494 e. The van der Waals surface area contributed by atoms with Gasteiger partial charge in [-0.15, -0.1) is 6.58 Å². The molecule has 0 saturated heterocycles. The molecule has 1 atom stereocenters. The minimum atomic E-state index is -0.260. The molecule has 3 heteroatoms. The minimum absolute atomic E-state index is 0.143. The van der Waals surface area contributed by atoms with Crippen LogP contribution in [0.4, 0.5) is 4.39 Å². The van der Waals surface area contributed by atoms with Crippen LogP contribution in [0.2, 0.25) is 0 Å². The van der Waals surface area contributed by atoms with Crippen LogP contribution in [0.15, 0.2) is 30.9 Å². The second-order valence-electron chi connectivity index (χ2n) is 5.62. The number of hydrogen-bond acceptors (Lipinski definition) is 2. The molecule has 19 heavy (non-hydrogen) atoms. The normalized spacial score (nSPS) is 17.8. The average Bonchev–Trinajstić information content (AvgIpc) is 3.23. The summed E-state index contributed by atoms with van der Waals surface area (Å²) in [7, 11) is 1.49. The van der Waals surface area contributed by atoms with Gasteiger partial charge in [-0.25, -0.2) is 4.39 Å². The Hall–Kier alpha value is -1.35. The second kappa shape index (κ2) is 5.74. The molecule has 0 aliphatic heterocycles.